The molecule has 0 aliphatic carbocycles. The van der Waals surface area contributed by atoms with Crippen LogP contribution in [-0.4, -0.2) is 72.4 Å². The van der Waals surface area contributed by atoms with Crippen LogP contribution in [0.3, 0.4) is 0 Å². The molecule has 0 aromatic carbocycles. The molecule has 0 N–H and O–H groups in total. The molecule has 0 saturated carbocycles. The normalized spacial score (nSPS) is 28.8. The van der Waals surface area contributed by atoms with Crippen LogP contribution in [0, 0.1) is 0 Å². The number of hydrogen-bond acceptors (Lipinski definition) is 5. The number of aromatic nitrogens is 1. The molecule has 5 nitrogen and oxygen atoms in total. The maximum atomic E-state index is 6.53. The van der Waals surface area contributed by atoms with Crippen LogP contribution < -0.4 is 0 Å². The van der Waals surface area contributed by atoms with Gasteiger partial charge < -0.3 is 14.4 Å². The molecule has 1 aromatic rings. The predicted molar refractivity (Wildman–Crippen MR) is 94.9 cm³/mol. The van der Waals surface area contributed by atoms with Crippen LogP contribution >= 0.6 is 0 Å². The topological polar surface area (TPSA) is 37.8 Å². The van der Waals surface area contributed by atoms with Gasteiger partial charge in [0.25, 0.3) is 0 Å². The highest BCUT2D eigenvalue weighted by Gasteiger charge is 2.43. The van der Waals surface area contributed by atoms with E-state index in [1.165, 1.54) is 5.56 Å². The van der Waals surface area contributed by atoms with Crippen molar-refractivity contribution < 1.29 is 9.47 Å². The number of likely N-dealkylation sites (N-methyl/N-ethyl adjacent to an activating group) is 1. The molecular weight excluding hydrogens is 302 g/mol. The molecule has 5 heteroatoms. The van der Waals surface area contributed by atoms with Gasteiger partial charge in [0.2, 0.25) is 0 Å². The van der Waals surface area contributed by atoms with E-state index in [9.17, 15) is 0 Å². The average Bonchev–Trinajstić information content (AvgIpc) is 2.83. The molecule has 3 heterocycles. The highest BCUT2D eigenvalue weighted by atomic mass is 16.6. The fraction of sp³-hybridized carbons (Fsp3) is 0.737. The Balaban J connectivity index is 1.60. The van der Waals surface area contributed by atoms with Crippen molar-refractivity contribution in [3.8, 4) is 0 Å². The van der Waals surface area contributed by atoms with Crippen molar-refractivity contribution in [3.05, 3.63) is 30.1 Å². The molecule has 2 atom stereocenters. The summed E-state index contributed by atoms with van der Waals surface area (Å²) in [6.45, 7) is 9.78. The maximum Gasteiger partial charge on any atom is 0.105 e. The molecular formula is C19H31N3O2. The first-order valence-electron chi connectivity index (χ1n) is 9.13. The van der Waals surface area contributed by atoms with Crippen LogP contribution in [0.25, 0.3) is 0 Å². The molecule has 24 heavy (non-hydrogen) atoms. The van der Waals surface area contributed by atoms with Crippen LogP contribution in [0.15, 0.2) is 24.5 Å². The smallest absolute Gasteiger partial charge is 0.105 e. The van der Waals surface area contributed by atoms with Crippen LogP contribution in [-0.2, 0) is 16.0 Å². The van der Waals surface area contributed by atoms with Crippen molar-refractivity contribution in [1.82, 2.24) is 14.8 Å². The second kappa shape index (κ2) is 7.91. The van der Waals surface area contributed by atoms with E-state index >= 15 is 0 Å². The Labute approximate surface area is 145 Å². The minimum absolute atomic E-state index is 0.138. The number of pyridine rings is 1. The summed E-state index contributed by atoms with van der Waals surface area (Å²) in [5, 5.41) is 0. The lowest BCUT2D eigenvalue weighted by molar-refractivity contribution is -0.0924. The molecule has 2 fully saturated rings. The standard InChI is InChI=1S/C19H31N3O2/c1-16(2)21(3)13-18-6-7-19(24-18)14-22(9-10-23-15-19)12-17-5-4-8-20-11-17/h4-5,8,11,16,18H,6-7,9-10,12-15H2,1-3H3/t18-,19-/m1/s1. The van der Waals surface area contributed by atoms with Gasteiger partial charge >= 0.3 is 0 Å². The van der Waals surface area contributed by atoms with Crippen LogP contribution in [0.1, 0.15) is 32.3 Å². The highest BCUT2D eigenvalue weighted by Crippen LogP contribution is 2.33. The van der Waals surface area contributed by atoms with E-state index in [2.05, 4.69) is 41.7 Å². The second-order valence-electron chi connectivity index (χ2n) is 7.62. The van der Waals surface area contributed by atoms with Crippen LogP contribution in [0.4, 0.5) is 0 Å². The summed E-state index contributed by atoms with van der Waals surface area (Å²) in [6, 6.07) is 4.70. The van der Waals surface area contributed by atoms with E-state index < -0.39 is 0 Å². The third kappa shape index (κ3) is 4.54. The zero-order valence-corrected chi connectivity index (χ0v) is 15.3. The zero-order valence-electron chi connectivity index (χ0n) is 15.3. The fourth-order valence-electron chi connectivity index (χ4n) is 3.65. The Bertz CT molecular complexity index is 511. The molecule has 2 saturated heterocycles. The lowest BCUT2D eigenvalue weighted by atomic mass is 10.00. The lowest BCUT2D eigenvalue weighted by Crippen LogP contribution is -2.45. The Morgan fingerprint density at radius 2 is 2.33 bits per heavy atom. The summed E-state index contributed by atoms with van der Waals surface area (Å²) < 4.78 is 12.4. The number of nitrogens with zero attached hydrogens (tertiary/aromatic N) is 3. The quantitative estimate of drug-likeness (QED) is 0.826. The van der Waals surface area contributed by atoms with Crippen molar-refractivity contribution in [3.63, 3.8) is 0 Å². The van der Waals surface area contributed by atoms with Gasteiger partial charge in [0.05, 0.1) is 19.3 Å². The van der Waals surface area contributed by atoms with E-state index in [0.29, 0.717) is 12.1 Å². The number of ether oxygens (including phenoxy) is 2. The van der Waals surface area contributed by atoms with Crippen LogP contribution in [0.2, 0.25) is 0 Å². The highest BCUT2D eigenvalue weighted by molar-refractivity contribution is 5.08. The number of hydrogen-bond donors (Lipinski definition) is 0. The summed E-state index contributed by atoms with van der Waals surface area (Å²) in [5.74, 6) is 0. The van der Waals surface area contributed by atoms with Gasteiger partial charge in [-0.15, -0.1) is 0 Å². The Hall–Kier alpha value is -1.01. The first-order chi connectivity index (χ1) is 11.6. The average molecular weight is 333 g/mol. The van der Waals surface area contributed by atoms with Gasteiger partial charge in [-0.05, 0) is 45.4 Å². The zero-order chi connectivity index (χ0) is 17.0. The van der Waals surface area contributed by atoms with Crippen molar-refractivity contribution in [2.75, 3.05) is 39.9 Å². The minimum atomic E-state index is -0.138. The SMILES string of the molecule is CC(C)N(C)C[C@H]1CC[C@@]2(COCCN(Cc3cccnc3)C2)O1. The molecule has 0 bridgehead atoms. The molecule has 1 aromatic heterocycles. The Kier molecular flexibility index (Phi) is 5.87. The summed E-state index contributed by atoms with van der Waals surface area (Å²) in [5.41, 5.74) is 1.12. The van der Waals surface area contributed by atoms with Gasteiger partial charge in [0, 0.05) is 44.6 Å². The van der Waals surface area contributed by atoms with E-state index in [1.807, 2.05) is 18.5 Å². The maximum absolute atomic E-state index is 6.53. The van der Waals surface area contributed by atoms with E-state index in [-0.39, 0.29) is 5.60 Å². The molecule has 134 valence electrons. The number of rotatable bonds is 5. The summed E-state index contributed by atoms with van der Waals surface area (Å²) in [6.07, 6.45) is 6.31. The van der Waals surface area contributed by atoms with E-state index in [0.717, 1.165) is 52.2 Å². The third-order valence-corrected chi connectivity index (χ3v) is 5.27. The van der Waals surface area contributed by atoms with Gasteiger partial charge in [-0.25, -0.2) is 0 Å². The van der Waals surface area contributed by atoms with Crippen molar-refractivity contribution in [2.45, 2.75) is 51.0 Å². The molecule has 0 unspecified atom stereocenters. The second-order valence-corrected chi connectivity index (χ2v) is 7.62. The van der Waals surface area contributed by atoms with Crippen molar-refractivity contribution in [1.29, 1.82) is 0 Å². The van der Waals surface area contributed by atoms with E-state index in [4.69, 9.17) is 9.47 Å². The molecule has 2 aliphatic rings. The van der Waals surface area contributed by atoms with Gasteiger partial charge in [0.1, 0.15) is 5.60 Å². The Morgan fingerprint density at radius 1 is 1.46 bits per heavy atom. The van der Waals surface area contributed by atoms with Crippen molar-refractivity contribution in [2.24, 2.45) is 0 Å². The van der Waals surface area contributed by atoms with Gasteiger partial charge in [0.15, 0.2) is 0 Å². The molecule has 3 rings (SSSR count). The molecule has 0 radical (unpaired) electrons. The van der Waals surface area contributed by atoms with Crippen LogP contribution in [0.5, 0.6) is 0 Å². The largest absolute Gasteiger partial charge is 0.377 e. The first-order valence-corrected chi connectivity index (χ1v) is 9.13. The first kappa shape index (κ1) is 17.8. The van der Waals surface area contributed by atoms with E-state index in [1.54, 1.807) is 0 Å². The monoisotopic (exact) mass is 333 g/mol. The fourth-order valence-corrected chi connectivity index (χ4v) is 3.65. The molecule has 0 amide bonds. The lowest BCUT2D eigenvalue weighted by Gasteiger charge is -2.33. The molecule has 1 spiro atoms. The van der Waals surface area contributed by atoms with Crippen molar-refractivity contribution >= 4 is 0 Å². The summed E-state index contributed by atoms with van der Waals surface area (Å²) in [7, 11) is 2.18. The summed E-state index contributed by atoms with van der Waals surface area (Å²) in [4.78, 5) is 9.06. The molecule has 2 aliphatic heterocycles. The predicted octanol–water partition coefficient (Wildman–Crippen LogP) is 2.17. The third-order valence-electron chi connectivity index (χ3n) is 5.27. The van der Waals surface area contributed by atoms with Gasteiger partial charge in [-0.1, -0.05) is 6.07 Å². The Morgan fingerprint density at radius 3 is 3.08 bits per heavy atom. The minimum Gasteiger partial charge on any atom is -0.377 e. The van der Waals surface area contributed by atoms with Gasteiger partial charge in [-0.3, -0.25) is 9.88 Å². The summed E-state index contributed by atoms with van der Waals surface area (Å²) >= 11 is 0. The van der Waals surface area contributed by atoms with Gasteiger partial charge in [-0.2, -0.15) is 0 Å².